The van der Waals surface area contributed by atoms with Crippen molar-refractivity contribution in [2.75, 3.05) is 12.4 Å². The highest BCUT2D eigenvalue weighted by molar-refractivity contribution is 6.31. The van der Waals surface area contributed by atoms with Crippen molar-refractivity contribution >= 4 is 23.0 Å². The van der Waals surface area contributed by atoms with Crippen LogP contribution in [0, 0.1) is 17.0 Å². The monoisotopic (exact) mass is 200 g/mol. The van der Waals surface area contributed by atoms with Gasteiger partial charge in [0.05, 0.1) is 4.92 Å². The Morgan fingerprint density at radius 3 is 2.62 bits per heavy atom. The number of hydrogen-bond acceptors (Lipinski definition) is 3. The van der Waals surface area contributed by atoms with E-state index < -0.39 is 4.92 Å². The first-order valence-corrected chi connectivity index (χ1v) is 4.06. The van der Waals surface area contributed by atoms with Crippen molar-refractivity contribution in [3.8, 4) is 0 Å². The zero-order valence-corrected chi connectivity index (χ0v) is 8.05. The topological polar surface area (TPSA) is 55.2 Å². The number of benzene rings is 1. The Hall–Kier alpha value is -1.29. The van der Waals surface area contributed by atoms with Crippen LogP contribution in [0.3, 0.4) is 0 Å². The number of nitro groups is 1. The van der Waals surface area contributed by atoms with Crippen LogP contribution in [0.1, 0.15) is 5.56 Å². The lowest BCUT2D eigenvalue weighted by Crippen LogP contribution is -1.97. The van der Waals surface area contributed by atoms with E-state index in [-0.39, 0.29) is 5.69 Å². The zero-order chi connectivity index (χ0) is 10.0. The number of aryl methyl sites for hydroxylation is 1. The summed E-state index contributed by atoms with van der Waals surface area (Å²) in [4.78, 5) is 10.1. The number of nitrogens with zero attached hydrogens (tertiary/aromatic N) is 1. The molecular formula is C8H9ClN2O2. The zero-order valence-electron chi connectivity index (χ0n) is 7.30. The van der Waals surface area contributed by atoms with E-state index in [1.165, 1.54) is 6.07 Å². The predicted molar refractivity (Wildman–Crippen MR) is 52.4 cm³/mol. The van der Waals surface area contributed by atoms with Crippen molar-refractivity contribution < 1.29 is 4.92 Å². The van der Waals surface area contributed by atoms with E-state index in [1.807, 2.05) is 0 Å². The Kier molecular flexibility index (Phi) is 2.72. The van der Waals surface area contributed by atoms with Gasteiger partial charge in [-0.15, -0.1) is 0 Å². The summed E-state index contributed by atoms with van der Waals surface area (Å²) in [7, 11) is 1.62. The molecular weight excluding hydrogens is 192 g/mol. The predicted octanol–water partition coefficient (Wildman–Crippen LogP) is 2.60. The van der Waals surface area contributed by atoms with Crippen molar-refractivity contribution in [1.29, 1.82) is 0 Å². The molecule has 4 nitrogen and oxygen atoms in total. The Bertz CT molecular complexity index is 352. The van der Waals surface area contributed by atoms with E-state index in [1.54, 1.807) is 20.0 Å². The van der Waals surface area contributed by atoms with E-state index in [9.17, 15) is 10.1 Å². The van der Waals surface area contributed by atoms with E-state index >= 15 is 0 Å². The molecule has 0 bridgehead atoms. The van der Waals surface area contributed by atoms with Crippen LogP contribution < -0.4 is 5.32 Å². The maximum absolute atomic E-state index is 10.6. The highest BCUT2D eigenvalue weighted by Crippen LogP contribution is 2.30. The minimum atomic E-state index is -0.435. The van der Waals surface area contributed by atoms with Crippen LogP contribution in [0.25, 0.3) is 0 Å². The third-order valence-corrected chi connectivity index (χ3v) is 2.15. The minimum Gasteiger partial charge on any atom is -0.383 e. The van der Waals surface area contributed by atoms with Gasteiger partial charge in [-0.3, -0.25) is 10.1 Å². The highest BCUT2D eigenvalue weighted by atomic mass is 35.5. The summed E-state index contributed by atoms with van der Waals surface area (Å²) >= 11 is 5.81. The molecule has 0 unspecified atom stereocenters. The summed E-state index contributed by atoms with van der Waals surface area (Å²) in [5.41, 5.74) is 1.18. The quantitative estimate of drug-likeness (QED) is 0.590. The summed E-state index contributed by atoms with van der Waals surface area (Å²) in [6.07, 6.45) is 0. The molecule has 0 saturated carbocycles. The first-order valence-electron chi connectivity index (χ1n) is 3.68. The van der Waals surface area contributed by atoms with Gasteiger partial charge in [0.1, 0.15) is 5.69 Å². The van der Waals surface area contributed by atoms with Crippen LogP contribution in [0.4, 0.5) is 11.4 Å². The highest BCUT2D eigenvalue weighted by Gasteiger charge is 2.14. The molecule has 0 heterocycles. The summed E-state index contributed by atoms with van der Waals surface area (Å²) in [6.45, 7) is 1.73. The minimum absolute atomic E-state index is 0.0457. The average Bonchev–Trinajstić information content (AvgIpc) is 2.08. The lowest BCUT2D eigenvalue weighted by Gasteiger charge is -2.04. The third-order valence-electron chi connectivity index (χ3n) is 1.74. The van der Waals surface area contributed by atoms with Crippen LogP contribution in [0.2, 0.25) is 5.02 Å². The summed E-state index contributed by atoms with van der Waals surface area (Å²) in [6, 6.07) is 3.00. The molecule has 0 saturated heterocycles. The number of halogens is 1. The molecule has 70 valence electrons. The van der Waals surface area contributed by atoms with E-state index in [0.29, 0.717) is 16.3 Å². The van der Waals surface area contributed by atoms with Gasteiger partial charge >= 0.3 is 0 Å². The molecule has 0 aliphatic heterocycles. The second-order valence-corrected chi connectivity index (χ2v) is 3.03. The molecule has 1 rings (SSSR count). The number of rotatable bonds is 2. The van der Waals surface area contributed by atoms with Crippen LogP contribution in [0.15, 0.2) is 12.1 Å². The SMILES string of the molecule is CNc1cc(Cl)c(C)cc1[N+](=O)[O-]. The fraction of sp³-hybridized carbons (Fsp3) is 0.250. The lowest BCUT2D eigenvalue weighted by atomic mass is 10.2. The standard InChI is InChI=1S/C8H9ClN2O2/c1-5-3-8(11(12)13)7(10-2)4-6(5)9/h3-4,10H,1-2H3. The van der Waals surface area contributed by atoms with Crippen LogP contribution >= 0.6 is 11.6 Å². The molecule has 13 heavy (non-hydrogen) atoms. The Morgan fingerprint density at radius 2 is 2.15 bits per heavy atom. The molecule has 0 radical (unpaired) electrons. The molecule has 1 N–H and O–H groups in total. The van der Waals surface area contributed by atoms with E-state index in [2.05, 4.69) is 5.32 Å². The fourth-order valence-corrected chi connectivity index (χ4v) is 1.18. The van der Waals surface area contributed by atoms with Gasteiger partial charge in [-0.25, -0.2) is 0 Å². The van der Waals surface area contributed by atoms with Crippen LogP contribution in [-0.2, 0) is 0 Å². The summed E-state index contributed by atoms with van der Waals surface area (Å²) in [5.74, 6) is 0. The van der Waals surface area contributed by atoms with Gasteiger partial charge in [0, 0.05) is 18.1 Å². The van der Waals surface area contributed by atoms with E-state index in [0.717, 1.165) is 0 Å². The van der Waals surface area contributed by atoms with Gasteiger partial charge < -0.3 is 5.32 Å². The normalized spacial score (nSPS) is 9.77. The Morgan fingerprint density at radius 1 is 1.54 bits per heavy atom. The average molecular weight is 201 g/mol. The van der Waals surface area contributed by atoms with Gasteiger partial charge in [-0.1, -0.05) is 11.6 Å². The summed E-state index contributed by atoms with van der Waals surface area (Å²) < 4.78 is 0. The molecule has 0 spiro atoms. The molecule has 0 fully saturated rings. The fourth-order valence-electron chi connectivity index (χ4n) is 1.02. The third kappa shape index (κ3) is 1.89. The van der Waals surface area contributed by atoms with Crippen molar-refractivity contribution in [3.05, 3.63) is 32.8 Å². The smallest absolute Gasteiger partial charge is 0.292 e. The van der Waals surface area contributed by atoms with Crippen molar-refractivity contribution in [1.82, 2.24) is 0 Å². The number of hydrogen-bond donors (Lipinski definition) is 1. The molecule has 0 aliphatic carbocycles. The number of nitro benzene ring substituents is 1. The molecule has 0 atom stereocenters. The first-order chi connectivity index (χ1) is 6.06. The van der Waals surface area contributed by atoms with Gasteiger partial charge in [-0.05, 0) is 18.6 Å². The van der Waals surface area contributed by atoms with Crippen LogP contribution in [0.5, 0.6) is 0 Å². The number of nitrogens with one attached hydrogen (secondary N) is 1. The maximum Gasteiger partial charge on any atom is 0.292 e. The molecule has 1 aromatic rings. The molecule has 5 heteroatoms. The molecule has 0 amide bonds. The maximum atomic E-state index is 10.6. The second-order valence-electron chi connectivity index (χ2n) is 2.63. The van der Waals surface area contributed by atoms with Crippen molar-refractivity contribution in [3.63, 3.8) is 0 Å². The van der Waals surface area contributed by atoms with Gasteiger partial charge in [0.25, 0.3) is 5.69 Å². The Balaban J connectivity index is 3.33. The first kappa shape index (κ1) is 9.80. The van der Waals surface area contributed by atoms with Gasteiger partial charge in [-0.2, -0.15) is 0 Å². The molecule has 0 aliphatic rings. The van der Waals surface area contributed by atoms with Gasteiger partial charge in [0.2, 0.25) is 0 Å². The molecule has 1 aromatic carbocycles. The van der Waals surface area contributed by atoms with E-state index in [4.69, 9.17) is 11.6 Å². The largest absolute Gasteiger partial charge is 0.383 e. The van der Waals surface area contributed by atoms with Crippen LogP contribution in [-0.4, -0.2) is 12.0 Å². The second kappa shape index (κ2) is 3.62. The summed E-state index contributed by atoms with van der Waals surface area (Å²) in [5, 5.41) is 13.8. The number of anilines is 1. The van der Waals surface area contributed by atoms with Crippen molar-refractivity contribution in [2.24, 2.45) is 0 Å². The van der Waals surface area contributed by atoms with Gasteiger partial charge in [0.15, 0.2) is 0 Å². The van der Waals surface area contributed by atoms with Crippen molar-refractivity contribution in [2.45, 2.75) is 6.92 Å². The lowest BCUT2D eigenvalue weighted by molar-refractivity contribution is -0.384. The Labute approximate surface area is 80.7 Å². The molecule has 0 aromatic heterocycles.